The molecule has 1 aromatic rings. The fourth-order valence-corrected chi connectivity index (χ4v) is 1.48. The SMILES string of the molecule is CC(=O)OSc1cc(N)c(F)cc1Cl. The van der Waals surface area contributed by atoms with Crippen LogP contribution < -0.4 is 5.73 Å². The molecule has 0 amide bonds. The van der Waals surface area contributed by atoms with Gasteiger partial charge in [-0.3, -0.25) is 4.79 Å². The summed E-state index contributed by atoms with van der Waals surface area (Å²) in [7, 11) is 0. The zero-order valence-electron chi connectivity index (χ0n) is 7.21. The number of anilines is 1. The zero-order chi connectivity index (χ0) is 10.7. The first-order chi connectivity index (χ1) is 6.50. The molecule has 76 valence electrons. The lowest BCUT2D eigenvalue weighted by Gasteiger charge is -2.04. The van der Waals surface area contributed by atoms with Crippen molar-refractivity contribution < 1.29 is 13.4 Å². The predicted octanol–water partition coefficient (Wildman–Crippen LogP) is 2.63. The van der Waals surface area contributed by atoms with Crippen LogP contribution in [0.3, 0.4) is 0 Å². The molecule has 2 N–H and O–H groups in total. The fourth-order valence-electron chi connectivity index (χ4n) is 0.712. The summed E-state index contributed by atoms with van der Waals surface area (Å²) in [4.78, 5) is 10.9. The van der Waals surface area contributed by atoms with E-state index >= 15 is 0 Å². The zero-order valence-corrected chi connectivity index (χ0v) is 8.79. The minimum atomic E-state index is -0.595. The molecule has 0 fully saturated rings. The number of hydrogen-bond donors (Lipinski definition) is 1. The van der Waals surface area contributed by atoms with Crippen molar-refractivity contribution in [3.8, 4) is 0 Å². The van der Waals surface area contributed by atoms with Gasteiger partial charge in [-0.1, -0.05) is 11.6 Å². The minimum Gasteiger partial charge on any atom is -0.396 e. The van der Waals surface area contributed by atoms with E-state index < -0.39 is 11.8 Å². The molecule has 0 bridgehead atoms. The van der Waals surface area contributed by atoms with Crippen LogP contribution in [0.2, 0.25) is 5.02 Å². The maximum absolute atomic E-state index is 12.8. The molecular formula is C8H7ClFNO2S. The van der Waals surface area contributed by atoms with E-state index in [2.05, 4.69) is 4.18 Å². The smallest absolute Gasteiger partial charge is 0.315 e. The van der Waals surface area contributed by atoms with Gasteiger partial charge in [-0.05, 0) is 12.1 Å². The number of benzene rings is 1. The van der Waals surface area contributed by atoms with Gasteiger partial charge in [0.15, 0.2) is 0 Å². The highest BCUT2D eigenvalue weighted by Crippen LogP contribution is 2.31. The molecule has 1 aromatic carbocycles. The molecular weight excluding hydrogens is 229 g/mol. The average molecular weight is 236 g/mol. The van der Waals surface area contributed by atoms with E-state index in [1.54, 1.807) is 0 Å². The van der Waals surface area contributed by atoms with E-state index in [9.17, 15) is 9.18 Å². The lowest BCUT2D eigenvalue weighted by atomic mass is 10.3. The van der Waals surface area contributed by atoms with E-state index in [0.29, 0.717) is 4.90 Å². The molecule has 0 unspecified atom stereocenters. The monoisotopic (exact) mass is 235 g/mol. The van der Waals surface area contributed by atoms with E-state index in [1.165, 1.54) is 13.0 Å². The van der Waals surface area contributed by atoms with Crippen molar-refractivity contribution in [2.75, 3.05) is 5.73 Å². The second-order valence-corrected chi connectivity index (χ2v) is 3.64. The summed E-state index contributed by atoms with van der Waals surface area (Å²) < 4.78 is 17.5. The molecule has 0 spiro atoms. The van der Waals surface area contributed by atoms with Crippen LogP contribution in [0.25, 0.3) is 0 Å². The van der Waals surface area contributed by atoms with Gasteiger partial charge in [-0.2, -0.15) is 0 Å². The number of halogens is 2. The van der Waals surface area contributed by atoms with Gasteiger partial charge in [-0.25, -0.2) is 4.39 Å². The number of carbonyl (C=O) groups is 1. The molecule has 1 rings (SSSR count). The highest BCUT2D eigenvalue weighted by molar-refractivity contribution is 7.95. The Morgan fingerprint density at radius 2 is 2.29 bits per heavy atom. The van der Waals surface area contributed by atoms with E-state index in [-0.39, 0.29) is 10.7 Å². The molecule has 0 aromatic heterocycles. The van der Waals surface area contributed by atoms with Crippen molar-refractivity contribution in [2.45, 2.75) is 11.8 Å². The largest absolute Gasteiger partial charge is 0.396 e. The topological polar surface area (TPSA) is 52.3 Å². The van der Waals surface area contributed by atoms with Gasteiger partial charge in [0.05, 0.1) is 27.6 Å². The maximum atomic E-state index is 12.8. The molecule has 0 saturated carbocycles. The van der Waals surface area contributed by atoms with Gasteiger partial charge in [0.2, 0.25) is 0 Å². The van der Waals surface area contributed by atoms with Crippen LogP contribution in [0.4, 0.5) is 10.1 Å². The number of nitrogens with two attached hydrogens (primary N) is 1. The van der Waals surface area contributed by atoms with E-state index in [4.69, 9.17) is 17.3 Å². The molecule has 0 aliphatic heterocycles. The van der Waals surface area contributed by atoms with Crippen LogP contribution >= 0.6 is 23.6 Å². The molecule has 6 heteroatoms. The number of rotatable bonds is 2. The van der Waals surface area contributed by atoms with Crippen molar-refractivity contribution >= 4 is 35.3 Å². The molecule has 0 atom stereocenters. The summed E-state index contributed by atoms with van der Waals surface area (Å²) in [5.74, 6) is -1.06. The van der Waals surface area contributed by atoms with Crippen molar-refractivity contribution in [3.05, 3.63) is 23.0 Å². The van der Waals surface area contributed by atoms with Gasteiger partial charge in [0, 0.05) is 6.92 Å². The third-order valence-electron chi connectivity index (χ3n) is 1.30. The molecule has 3 nitrogen and oxygen atoms in total. The third kappa shape index (κ3) is 2.78. The number of hydrogen-bond acceptors (Lipinski definition) is 4. The Morgan fingerprint density at radius 1 is 1.64 bits per heavy atom. The number of carbonyl (C=O) groups excluding carboxylic acids is 1. The normalized spacial score (nSPS) is 9.93. The van der Waals surface area contributed by atoms with Crippen LogP contribution in [-0.4, -0.2) is 5.97 Å². The van der Waals surface area contributed by atoms with Gasteiger partial charge in [-0.15, -0.1) is 0 Å². The highest BCUT2D eigenvalue weighted by atomic mass is 35.5. The van der Waals surface area contributed by atoms with Gasteiger partial charge in [0.25, 0.3) is 0 Å². The molecule has 0 radical (unpaired) electrons. The Hall–Kier alpha value is -0.940. The summed E-state index contributed by atoms with van der Waals surface area (Å²) in [5, 5.41) is 0.156. The Balaban J connectivity index is 2.87. The predicted molar refractivity (Wildman–Crippen MR) is 53.4 cm³/mol. The first kappa shape index (κ1) is 11.1. The van der Waals surface area contributed by atoms with E-state index in [0.717, 1.165) is 18.1 Å². The molecule has 0 aliphatic rings. The quantitative estimate of drug-likeness (QED) is 0.633. The first-order valence-electron chi connectivity index (χ1n) is 3.60. The Morgan fingerprint density at radius 3 is 2.86 bits per heavy atom. The number of nitrogen functional groups attached to an aromatic ring is 1. The summed E-state index contributed by atoms with van der Waals surface area (Å²) in [6.07, 6.45) is 0. The summed E-state index contributed by atoms with van der Waals surface area (Å²) in [6, 6.07) is 2.38. The van der Waals surface area contributed by atoms with E-state index in [1.807, 2.05) is 0 Å². The van der Waals surface area contributed by atoms with Gasteiger partial charge >= 0.3 is 5.97 Å². The maximum Gasteiger partial charge on any atom is 0.315 e. The van der Waals surface area contributed by atoms with Gasteiger partial charge < -0.3 is 9.92 Å². The molecule has 0 saturated heterocycles. The first-order valence-corrected chi connectivity index (χ1v) is 4.72. The summed E-state index contributed by atoms with van der Waals surface area (Å²) in [6.45, 7) is 1.26. The molecule has 14 heavy (non-hydrogen) atoms. The highest BCUT2D eigenvalue weighted by Gasteiger charge is 2.08. The van der Waals surface area contributed by atoms with Crippen molar-refractivity contribution in [1.29, 1.82) is 0 Å². The molecule has 0 heterocycles. The van der Waals surface area contributed by atoms with Gasteiger partial charge in [0.1, 0.15) is 5.82 Å². The second kappa shape index (κ2) is 4.52. The molecule has 0 aliphatic carbocycles. The summed E-state index contributed by atoms with van der Waals surface area (Å²) >= 11 is 6.43. The lowest BCUT2D eigenvalue weighted by molar-refractivity contribution is -0.130. The third-order valence-corrected chi connectivity index (χ3v) is 2.56. The Bertz CT molecular complexity index is 373. The van der Waals surface area contributed by atoms with Crippen LogP contribution in [0.5, 0.6) is 0 Å². The average Bonchev–Trinajstić information content (AvgIpc) is 2.09. The summed E-state index contributed by atoms with van der Waals surface area (Å²) in [5.41, 5.74) is 5.27. The Labute approximate surface area is 89.6 Å². The van der Waals surface area contributed by atoms with Crippen LogP contribution in [0, 0.1) is 5.82 Å². The van der Waals surface area contributed by atoms with Crippen molar-refractivity contribution in [1.82, 2.24) is 0 Å². The standard InChI is InChI=1S/C8H7ClFNO2S/c1-4(12)13-14-8-3-7(11)6(10)2-5(8)9/h2-3H,11H2,1H3. The Kier molecular flexibility index (Phi) is 3.60. The minimum absolute atomic E-state index is 0.0379. The lowest BCUT2D eigenvalue weighted by Crippen LogP contribution is -1.93. The fraction of sp³-hybridized carbons (Fsp3) is 0.125. The second-order valence-electron chi connectivity index (χ2n) is 2.46. The van der Waals surface area contributed by atoms with Crippen molar-refractivity contribution in [3.63, 3.8) is 0 Å². The van der Waals surface area contributed by atoms with Crippen LogP contribution in [0.1, 0.15) is 6.92 Å². The van der Waals surface area contributed by atoms with Crippen molar-refractivity contribution in [2.24, 2.45) is 0 Å². The van der Waals surface area contributed by atoms with Crippen LogP contribution in [-0.2, 0) is 8.98 Å². The van der Waals surface area contributed by atoms with Crippen LogP contribution in [0.15, 0.2) is 17.0 Å².